The summed E-state index contributed by atoms with van der Waals surface area (Å²) in [5.74, 6) is -0.102. The van der Waals surface area contributed by atoms with Crippen LogP contribution in [-0.2, 0) is 20.0 Å². The molecule has 0 heterocycles. The SMILES string of the molecule is Nc1cccc(NS(=O)(=O)c2ccc3c(c2)/C(=N/O)c2cc(S(=O)(=O)Nc4cccc(O)c4)ccc2-3)c1. The molecule has 1 aliphatic carbocycles. The van der Waals surface area contributed by atoms with Crippen molar-refractivity contribution in [2.75, 3.05) is 15.2 Å². The lowest BCUT2D eigenvalue weighted by Crippen LogP contribution is -2.14. The molecule has 0 saturated heterocycles. The number of benzene rings is 4. The molecule has 0 aromatic heterocycles. The number of sulfonamides is 2. The van der Waals surface area contributed by atoms with E-state index < -0.39 is 20.0 Å². The number of rotatable bonds is 6. The summed E-state index contributed by atoms with van der Waals surface area (Å²) in [6.07, 6.45) is 0. The van der Waals surface area contributed by atoms with Crippen molar-refractivity contribution in [3.05, 3.63) is 96.1 Å². The summed E-state index contributed by atoms with van der Waals surface area (Å²) in [5.41, 5.74) is 8.40. The molecule has 0 fully saturated rings. The van der Waals surface area contributed by atoms with Crippen LogP contribution in [0.2, 0.25) is 0 Å². The van der Waals surface area contributed by atoms with Gasteiger partial charge in [0.05, 0.1) is 21.2 Å². The normalized spacial score (nSPS) is 13.7. The second kappa shape index (κ2) is 8.84. The van der Waals surface area contributed by atoms with Crippen molar-refractivity contribution in [1.29, 1.82) is 0 Å². The molecule has 12 heteroatoms. The first kappa shape index (κ1) is 24.2. The topological polar surface area (TPSA) is 171 Å². The number of nitrogens with two attached hydrogens (primary N) is 1. The van der Waals surface area contributed by atoms with Crippen molar-refractivity contribution in [3.63, 3.8) is 0 Å². The Morgan fingerprint density at radius 1 is 0.649 bits per heavy atom. The molecule has 0 bridgehead atoms. The van der Waals surface area contributed by atoms with Gasteiger partial charge in [0, 0.05) is 22.9 Å². The summed E-state index contributed by atoms with van der Waals surface area (Å²) in [7, 11) is -8.06. The van der Waals surface area contributed by atoms with Crippen LogP contribution in [-0.4, -0.2) is 32.9 Å². The largest absolute Gasteiger partial charge is 0.508 e. The molecule has 37 heavy (non-hydrogen) atoms. The Kier molecular flexibility index (Phi) is 5.77. The Morgan fingerprint density at radius 3 is 1.65 bits per heavy atom. The van der Waals surface area contributed by atoms with Gasteiger partial charge in [0.1, 0.15) is 11.5 Å². The zero-order valence-corrected chi connectivity index (χ0v) is 20.6. The molecule has 4 aromatic rings. The van der Waals surface area contributed by atoms with Gasteiger partial charge in [-0.3, -0.25) is 9.44 Å². The van der Waals surface area contributed by atoms with Crippen molar-refractivity contribution in [2.45, 2.75) is 9.79 Å². The molecule has 0 unspecified atom stereocenters. The number of anilines is 3. The van der Waals surface area contributed by atoms with E-state index in [-0.39, 0.29) is 32.6 Å². The van der Waals surface area contributed by atoms with Crippen molar-refractivity contribution in [2.24, 2.45) is 5.16 Å². The van der Waals surface area contributed by atoms with Crippen molar-refractivity contribution >= 4 is 42.8 Å². The third kappa shape index (κ3) is 4.55. The van der Waals surface area contributed by atoms with Crippen LogP contribution >= 0.6 is 0 Å². The molecule has 0 radical (unpaired) electrons. The molecular weight excluding hydrogens is 516 g/mol. The fraction of sp³-hybridized carbons (Fsp3) is 0. The predicted molar refractivity (Wildman–Crippen MR) is 140 cm³/mol. The highest BCUT2D eigenvalue weighted by molar-refractivity contribution is 7.93. The number of hydrogen-bond acceptors (Lipinski definition) is 8. The van der Waals surface area contributed by atoms with E-state index in [1.165, 1.54) is 54.6 Å². The minimum atomic E-state index is -4.05. The molecule has 0 spiro atoms. The third-order valence-corrected chi connectivity index (χ3v) is 8.50. The van der Waals surface area contributed by atoms with Gasteiger partial charge in [-0.05, 0) is 65.7 Å². The summed E-state index contributed by atoms with van der Waals surface area (Å²) in [5, 5.41) is 22.8. The number of nitrogens with one attached hydrogen (secondary N) is 2. The van der Waals surface area contributed by atoms with Crippen LogP contribution in [0.5, 0.6) is 5.75 Å². The van der Waals surface area contributed by atoms with E-state index in [0.717, 1.165) is 0 Å². The van der Waals surface area contributed by atoms with Crippen LogP contribution < -0.4 is 15.2 Å². The number of phenolic OH excluding ortho intramolecular Hbond substituents is 1. The van der Waals surface area contributed by atoms with Gasteiger partial charge >= 0.3 is 0 Å². The van der Waals surface area contributed by atoms with Crippen molar-refractivity contribution in [3.8, 4) is 16.9 Å². The molecule has 0 amide bonds. The average Bonchev–Trinajstić information content (AvgIpc) is 3.16. The van der Waals surface area contributed by atoms with E-state index in [1.807, 2.05) is 0 Å². The molecule has 188 valence electrons. The van der Waals surface area contributed by atoms with Gasteiger partial charge in [-0.1, -0.05) is 29.4 Å². The summed E-state index contributed by atoms with van der Waals surface area (Å²) in [4.78, 5) is -0.194. The third-order valence-electron chi connectivity index (χ3n) is 5.74. The maximum atomic E-state index is 13.0. The smallest absolute Gasteiger partial charge is 0.261 e. The summed E-state index contributed by atoms with van der Waals surface area (Å²) in [6, 6.07) is 20.6. The molecule has 6 N–H and O–H groups in total. The fourth-order valence-corrected chi connectivity index (χ4v) is 6.25. The minimum Gasteiger partial charge on any atom is -0.508 e. The first-order chi connectivity index (χ1) is 17.6. The van der Waals surface area contributed by atoms with Gasteiger partial charge in [0.15, 0.2) is 0 Å². The fourth-order valence-electron chi connectivity index (χ4n) is 4.10. The van der Waals surface area contributed by atoms with Crippen LogP contribution in [0.4, 0.5) is 17.1 Å². The van der Waals surface area contributed by atoms with Crippen LogP contribution in [0, 0.1) is 0 Å². The number of aromatic hydroxyl groups is 1. The first-order valence-electron chi connectivity index (χ1n) is 10.8. The van der Waals surface area contributed by atoms with Crippen LogP contribution in [0.25, 0.3) is 11.1 Å². The number of hydrogen-bond donors (Lipinski definition) is 5. The lowest BCUT2D eigenvalue weighted by atomic mass is 10.1. The molecule has 4 aromatic carbocycles. The maximum Gasteiger partial charge on any atom is 0.261 e. The molecule has 10 nitrogen and oxygen atoms in total. The van der Waals surface area contributed by atoms with E-state index in [1.54, 1.807) is 30.3 Å². The maximum absolute atomic E-state index is 13.0. The number of oxime groups is 1. The second-order valence-electron chi connectivity index (χ2n) is 8.25. The molecule has 0 saturated carbocycles. The lowest BCUT2D eigenvalue weighted by molar-refractivity contribution is 0.320. The first-order valence-corrected chi connectivity index (χ1v) is 13.8. The van der Waals surface area contributed by atoms with Crippen LogP contribution in [0.1, 0.15) is 11.1 Å². The molecular formula is C25H20N4O6S2. The van der Waals surface area contributed by atoms with Crippen molar-refractivity contribution in [1.82, 2.24) is 0 Å². The molecule has 1 aliphatic rings. The van der Waals surface area contributed by atoms with Crippen molar-refractivity contribution < 1.29 is 27.1 Å². The van der Waals surface area contributed by atoms with Crippen LogP contribution in [0.3, 0.4) is 0 Å². The molecule has 5 rings (SSSR count). The lowest BCUT2D eigenvalue weighted by Gasteiger charge is -2.10. The highest BCUT2D eigenvalue weighted by Crippen LogP contribution is 2.39. The van der Waals surface area contributed by atoms with Gasteiger partial charge in [-0.25, -0.2) is 16.8 Å². The Bertz CT molecular complexity index is 1670. The standard InChI is InChI=1S/C25H20N4O6S2/c26-15-3-1-4-16(11-15)28-36(32,33)19-7-9-21-22-10-8-20(14-24(22)25(27-31)23(21)13-19)37(34,35)29-17-5-2-6-18(30)12-17/h1-14,28-31H,26H2/b27-25-. The molecule has 0 atom stereocenters. The predicted octanol–water partition coefficient (Wildman–Crippen LogP) is 3.78. The van der Waals surface area contributed by atoms with E-state index in [9.17, 15) is 27.1 Å². The summed E-state index contributed by atoms with van der Waals surface area (Å²) in [6.45, 7) is 0. The monoisotopic (exact) mass is 536 g/mol. The van der Waals surface area contributed by atoms with Gasteiger partial charge < -0.3 is 16.0 Å². The van der Waals surface area contributed by atoms with Gasteiger partial charge in [-0.15, -0.1) is 0 Å². The highest BCUT2D eigenvalue weighted by atomic mass is 32.2. The summed E-state index contributed by atoms with van der Waals surface area (Å²) < 4.78 is 56.8. The summed E-state index contributed by atoms with van der Waals surface area (Å²) >= 11 is 0. The number of fused-ring (bicyclic) bond motifs is 3. The van der Waals surface area contributed by atoms with Gasteiger partial charge in [0.25, 0.3) is 20.0 Å². The van der Waals surface area contributed by atoms with E-state index in [0.29, 0.717) is 27.9 Å². The zero-order valence-electron chi connectivity index (χ0n) is 19.0. The highest BCUT2D eigenvalue weighted by Gasteiger charge is 2.30. The number of nitrogen functional groups attached to an aromatic ring is 1. The Labute approximate surface area is 212 Å². The number of nitrogens with zero attached hydrogens (tertiary/aromatic N) is 1. The zero-order chi connectivity index (χ0) is 26.4. The van der Waals surface area contributed by atoms with Crippen LogP contribution in [0.15, 0.2) is 99.9 Å². The van der Waals surface area contributed by atoms with E-state index in [4.69, 9.17) is 5.73 Å². The van der Waals surface area contributed by atoms with E-state index >= 15 is 0 Å². The Hall–Kier alpha value is -4.55. The quantitative estimate of drug-likeness (QED) is 0.125. The Morgan fingerprint density at radius 2 is 1.16 bits per heavy atom. The van der Waals surface area contributed by atoms with Gasteiger partial charge in [-0.2, -0.15) is 0 Å². The number of phenols is 1. The molecule has 0 aliphatic heterocycles. The average molecular weight is 537 g/mol. The Balaban J connectivity index is 1.50. The van der Waals surface area contributed by atoms with E-state index in [2.05, 4.69) is 14.6 Å². The van der Waals surface area contributed by atoms with Gasteiger partial charge in [0.2, 0.25) is 0 Å². The second-order valence-corrected chi connectivity index (χ2v) is 11.6. The minimum absolute atomic E-state index is 0.0282.